The lowest BCUT2D eigenvalue weighted by atomic mass is 9.93. The summed E-state index contributed by atoms with van der Waals surface area (Å²) in [5, 5.41) is 8.19. The maximum Gasteiger partial charge on any atom is 0.124 e. The van der Waals surface area contributed by atoms with Gasteiger partial charge in [-0.25, -0.2) is 4.99 Å². The van der Waals surface area contributed by atoms with Gasteiger partial charge in [0.25, 0.3) is 0 Å². The molecule has 1 aliphatic rings. The van der Waals surface area contributed by atoms with Gasteiger partial charge in [-0.05, 0) is 24.8 Å². The summed E-state index contributed by atoms with van der Waals surface area (Å²) in [6, 6.07) is 10.1. The maximum atomic E-state index is 8.19. The molecule has 0 aliphatic heterocycles. The lowest BCUT2D eigenvalue weighted by Crippen LogP contribution is -2.15. The fourth-order valence-corrected chi connectivity index (χ4v) is 2.27. The first-order valence-electron chi connectivity index (χ1n) is 6.78. The molecule has 19 heavy (non-hydrogen) atoms. The number of hydrogen-bond acceptors (Lipinski definition) is 1. The van der Waals surface area contributed by atoms with E-state index < -0.39 is 0 Å². The van der Waals surface area contributed by atoms with E-state index in [1.54, 1.807) is 0 Å². The van der Waals surface area contributed by atoms with Gasteiger partial charge in [0.05, 0.1) is 5.71 Å². The summed E-state index contributed by atoms with van der Waals surface area (Å²) >= 11 is 0. The van der Waals surface area contributed by atoms with E-state index in [1.165, 1.54) is 0 Å². The van der Waals surface area contributed by atoms with Crippen LogP contribution in [-0.2, 0) is 0 Å². The van der Waals surface area contributed by atoms with Crippen LogP contribution in [0.25, 0.3) is 0 Å². The largest absolute Gasteiger partial charge is 0.286 e. The van der Waals surface area contributed by atoms with Crippen LogP contribution in [-0.4, -0.2) is 11.5 Å². The van der Waals surface area contributed by atoms with Crippen LogP contribution in [0, 0.1) is 11.3 Å². The van der Waals surface area contributed by atoms with Crippen molar-refractivity contribution in [3.05, 3.63) is 60.7 Å². The minimum atomic E-state index is 0.272. The van der Waals surface area contributed by atoms with E-state index in [0.717, 1.165) is 30.5 Å². The lowest BCUT2D eigenvalue weighted by Gasteiger charge is -2.16. The van der Waals surface area contributed by atoms with Gasteiger partial charge in [-0.2, -0.15) is 0 Å². The summed E-state index contributed by atoms with van der Waals surface area (Å²) < 4.78 is 0. The number of rotatable bonds is 4. The molecule has 0 saturated heterocycles. The second-order valence-electron chi connectivity index (χ2n) is 4.78. The van der Waals surface area contributed by atoms with Crippen LogP contribution < -0.4 is 0 Å². The summed E-state index contributed by atoms with van der Waals surface area (Å²) in [6.45, 7) is 3.78. The highest BCUT2D eigenvalue weighted by Crippen LogP contribution is 2.20. The molecule has 0 aromatic heterocycles. The average molecular weight is 252 g/mol. The van der Waals surface area contributed by atoms with Crippen LogP contribution >= 0.6 is 0 Å². The summed E-state index contributed by atoms with van der Waals surface area (Å²) in [6.07, 6.45) is 9.94. The number of benzene rings is 1. The predicted octanol–water partition coefficient (Wildman–Crippen LogP) is 4.39. The molecule has 1 aliphatic carbocycles. The van der Waals surface area contributed by atoms with Crippen molar-refractivity contribution in [1.29, 1.82) is 5.41 Å². The van der Waals surface area contributed by atoms with Crippen molar-refractivity contribution in [2.24, 2.45) is 10.9 Å². The topological polar surface area (TPSA) is 36.2 Å². The smallest absolute Gasteiger partial charge is 0.124 e. The van der Waals surface area contributed by atoms with Gasteiger partial charge >= 0.3 is 0 Å². The molecule has 2 heteroatoms. The summed E-state index contributed by atoms with van der Waals surface area (Å²) in [4.78, 5) is 4.56. The van der Waals surface area contributed by atoms with E-state index in [2.05, 4.69) is 23.7 Å². The Kier molecular flexibility index (Phi) is 4.85. The molecule has 1 N–H and O–H groups in total. The molecule has 1 aromatic carbocycles. The second kappa shape index (κ2) is 6.83. The molecule has 2 nitrogen and oxygen atoms in total. The molecular weight excluding hydrogens is 232 g/mol. The zero-order valence-corrected chi connectivity index (χ0v) is 11.2. The highest BCUT2D eigenvalue weighted by molar-refractivity contribution is 6.08. The Labute approximate surface area is 115 Å². The Morgan fingerprint density at radius 2 is 2.11 bits per heavy atom. The van der Waals surface area contributed by atoms with Crippen molar-refractivity contribution >= 4 is 11.5 Å². The number of hydrogen-bond donors (Lipinski definition) is 1. The van der Waals surface area contributed by atoms with Crippen molar-refractivity contribution in [3.8, 4) is 0 Å². The van der Waals surface area contributed by atoms with Crippen LogP contribution in [0.15, 0.2) is 60.1 Å². The Morgan fingerprint density at radius 3 is 2.74 bits per heavy atom. The van der Waals surface area contributed by atoms with Crippen molar-refractivity contribution in [2.45, 2.75) is 25.7 Å². The lowest BCUT2D eigenvalue weighted by molar-refractivity contribution is 0.610. The van der Waals surface area contributed by atoms with Crippen LogP contribution in [0.5, 0.6) is 0 Å². The molecule has 0 fully saturated rings. The van der Waals surface area contributed by atoms with E-state index in [1.807, 2.05) is 36.4 Å². The molecule has 0 amide bonds. The average Bonchev–Trinajstić information content (AvgIpc) is 2.48. The minimum Gasteiger partial charge on any atom is -0.286 e. The fourth-order valence-electron chi connectivity index (χ4n) is 2.27. The van der Waals surface area contributed by atoms with Crippen LogP contribution in [0.1, 0.15) is 31.2 Å². The molecular formula is C17H20N2. The van der Waals surface area contributed by atoms with Gasteiger partial charge < -0.3 is 0 Å². The normalized spacial score (nSPS) is 19.2. The maximum absolute atomic E-state index is 8.19. The summed E-state index contributed by atoms with van der Waals surface area (Å²) in [5.41, 5.74) is 2.02. The molecule has 0 spiro atoms. The molecule has 2 rings (SSSR count). The first-order chi connectivity index (χ1) is 9.31. The number of amidine groups is 1. The zero-order chi connectivity index (χ0) is 13.5. The molecule has 0 heterocycles. The van der Waals surface area contributed by atoms with E-state index >= 15 is 0 Å². The fraction of sp³-hybridized carbons (Fsp3) is 0.294. The van der Waals surface area contributed by atoms with Crippen LogP contribution in [0.4, 0.5) is 0 Å². The number of nitrogens with one attached hydrogen (secondary N) is 1. The van der Waals surface area contributed by atoms with Crippen molar-refractivity contribution in [3.63, 3.8) is 0 Å². The van der Waals surface area contributed by atoms with Crippen LogP contribution in [0.2, 0.25) is 0 Å². The Bertz CT molecular complexity index is 497. The highest BCUT2D eigenvalue weighted by atomic mass is 14.8. The van der Waals surface area contributed by atoms with Crippen molar-refractivity contribution < 1.29 is 0 Å². The first-order valence-corrected chi connectivity index (χ1v) is 6.78. The summed E-state index contributed by atoms with van der Waals surface area (Å²) in [7, 11) is 0. The van der Waals surface area contributed by atoms with Crippen molar-refractivity contribution in [2.75, 3.05) is 0 Å². The Hall–Kier alpha value is -1.96. The van der Waals surface area contributed by atoms with Gasteiger partial charge in [0, 0.05) is 12.3 Å². The van der Waals surface area contributed by atoms with Crippen LogP contribution in [0.3, 0.4) is 0 Å². The molecule has 0 radical (unpaired) electrons. The SMILES string of the molecule is C=CCC(=NC(=N)C1CC=CCC1)c1ccccc1. The molecule has 0 bridgehead atoms. The van der Waals surface area contributed by atoms with Gasteiger partial charge in [0.2, 0.25) is 0 Å². The van der Waals surface area contributed by atoms with E-state index in [4.69, 9.17) is 5.41 Å². The first kappa shape index (κ1) is 13.5. The van der Waals surface area contributed by atoms with Gasteiger partial charge in [0.1, 0.15) is 5.84 Å². The van der Waals surface area contributed by atoms with E-state index in [0.29, 0.717) is 12.3 Å². The molecule has 0 saturated carbocycles. The van der Waals surface area contributed by atoms with E-state index in [9.17, 15) is 0 Å². The van der Waals surface area contributed by atoms with Gasteiger partial charge in [-0.15, -0.1) is 6.58 Å². The third-order valence-corrected chi connectivity index (χ3v) is 3.36. The van der Waals surface area contributed by atoms with Gasteiger partial charge in [0.15, 0.2) is 0 Å². The molecule has 1 unspecified atom stereocenters. The molecule has 98 valence electrons. The Balaban J connectivity index is 2.18. The predicted molar refractivity (Wildman–Crippen MR) is 82.0 cm³/mol. The monoisotopic (exact) mass is 252 g/mol. The third kappa shape index (κ3) is 3.75. The quantitative estimate of drug-likeness (QED) is 0.469. The highest BCUT2D eigenvalue weighted by Gasteiger charge is 2.15. The second-order valence-corrected chi connectivity index (χ2v) is 4.78. The Morgan fingerprint density at radius 1 is 1.32 bits per heavy atom. The number of allylic oxidation sites excluding steroid dienone is 3. The molecule has 1 atom stereocenters. The molecule has 1 aromatic rings. The zero-order valence-electron chi connectivity index (χ0n) is 11.2. The number of nitrogens with zero attached hydrogens (tertiary/aromatic N) is 1. The third-order valence-electron chi connectivity index (χ3n) is 3.36. The van der Waals surface area contributed by atoms with Gasteiger partial charge in [-0.1, -0.05) is 48.6 Å². The number of aliphatic imine (C=N–C) groups is 1. The van der Waals surface area contributed by atoms with E-state index in [-0.39, 0.29) is 5.92 Å². The standard InChI is InChI=1S/C17H20N2/c1-2-9-16(14-10-5-3-6-11-14)19-17(18)15-12-7-4-8-13-15/h2-7,10-11,15,18H,1,8-9,12-13H2. The minimum absolute atomic E-state index is 0.272. The summed E-state index contributed by atoms with van der Waals surface area (Å²) in [5.74, 6) is 0.776. The van der Waals surface area contributed by atoms with Gasteiger partial charge in [-0.3, -0.25) is 5.41 Å². The van der Waals surface area contributed by atoms with Crippen molar-refractivity contribution in [1.82, 2.24) is 0 Å².